The van der Waals surface area contributed by atoms with E-state index in [0.717, 1.165) is 12.0 Å². The predicted molar refractivity (Wildman–Crippen MR) is 133 cm³/mol. The van der Waals surface area contributed by atoms with Crippen molar-refractivity contribution in [3.05, 3.63) is 62.6 Å². The SMILES string of the molecule is CCOc1cc2[nH]c(=S)n(Cc3ccc(C(=O)NCCC(C)C)cc3)c(=O)c2cc1OCC. The lowest BCUT2D eigenvalue weighted by Crippen LogP contribution is -2.25. The highest BCUT2D eigenvalue weighted by Gasteiger charge is 2.13. The highest BCUT2D eigenvalue weighted by molar-refractivity contribution is 7.71. The van der Waals surface area contributed by atoms with Crippen molar-refractivity contribution in [2.45, 2.75) is 40.7 Å². The third-order valence-electron chi connectivity index (χ3n) is 5.21. The topological polar surface area (TPSA) is 85.4 Å². The van der Waals surface area contributed by atoms with Gasteiger partial charge in [0.25, 0.3) is 11.5 Å². The van der Waals surface area contributed by atoms with Crippen molar-refractivity contribution in [2.24, 2.45) is 5.92 Å². The third-order valence-corrected chi connectivity index (χ3v) is 5.53. The zero-order valence-electron chi connectivity index (χ0n) is 19.6. The fraction of sp³-hybridized carbons (Fsp3) is 0.400. The standard InChI is InChI=1S/C25H31N3O4S/c1-5-31-21-13-19-20(14-22(21)32-6-2)27-25(33)28(24(19)30)15-17-7-9-18(10-8-17)23(29)26-12-11-16(3)4/h7-10,13-14,16H,5-6,11-12,15H2,1-4H3,(H,26,29)(H,27,33). The van der Waals surface area contributed by atoms with E-state index in [4.69, 9.17) is 21.7 Å². The summed E-state index contributed by atoms with van der Waals surface area (Å²) in [6.07, 6.45) is 0.934. The number of benzene rings is 2. The zero-order valence-corrected chi connectivity index (χ0v) is 20.4. The Labute approximate surface area is 198 Å². The fourth-order valence-electron chi connectivity index (χ4n) is 3.46. The molecule has 2 N–H and O–H groups in total. The second-order valence-corrected chi connectivity index (χ2v) is 8.55. The normalized spacial score (nSPS) is 11.1. The summed E-state index contributed by atoms with van der Waals surface area (Å²) in [7, 11) is 0. The van der Waals surface area contributed by atoms with Gasteiger partial charge in [0.15, 0.2) is 16.3 Å². The number of hydrogen-bond donors (Lipinski definition) is 2. The number of ether oxygens (including phenoxy) is 2. The Morgan fingerprint density at radius 2 is 1.73 bits per heavy atom. The summed E-state index contributed by atoms with van der Waals surface area (Å²) in [4.78, 5) is 28.7. The Balaban J connectivity index is 1.86. The van der Waals surface area contributed by atoms with Crippen LogP contribution in [-0.2, 0) is 6.54 Å². The van der Waals surface area contributed by atoms with E-state index in [0.29, 0.717) is 58.4 Å². The number of aromatic nitrogens is 2. The summed E-state index contributed by atoms with van der Waals surface area (Å²) in [5.74, 6) is 1.52. The van der Waals surface area contributed by atoms with Gasteiger partial charge in [0, 0.05) is 18.2 Å². The minimum atomic E-state index is -0.215. The maximum Gasteiger partial charge on any atom is 0.262 e. The molecule has 0 atom stereocenters. The van der Waals surface area contributed by atoms with E-state index in [2.05, 4.69) is 24.1 Å². The Bertz CT molecular complexity index is 1230. The Morgan fingerprint density at radius 3 is 2.33 bits per heavy atom. The molecule has 0 aliphatic rings. The molecule has 0 aliphatic heterocycles. The summed E-state index contributed by atoms with van der Waals surface area (Å²) in [5, 5.41) is 3.40. The zero-order chi connectivity index (χ0) is 24.0. The molecular weight excluding hydrogens is 438 g/mol. The number of nitrogens with one attached hydrogen (secondary N) is 2. The molecule has 0 fully saturated rings. The number of fused-ring (bicyclic) bond motifs is 1. The van der Waals surface area contributed by atoms with Crippen molar-refractivity contribution in [2.75, 3.05) is 19.8 Å². The summed E-state index contributed by atoms with van der Waals surface area (Å²) in [6.45, 7) is 9.89. The largest absolute Gasteiger partial charge is 0.490 e. The molecule has 0 spiro atoms. The molecule has 7 nitrogen and oxygen atoms in total. The average molecular weight is 470 g/mol. The first-order chi connectivity index (χ1) is 15.8. The third kappa shape index (κ3) is 6.01. The van der Waals surface area contributed by atoms with Crippen LogP contribution in [0.25, 0.3) is 10.9 Å². The number of hydrogen-bond acceptors (Lipinski definition) is 5. The smallest absolute Gasteiger partial charge is 0.262 e. The molecule has 0 saturated carbocycles. The number of amides is 1. The predicted octanol–water partition coefficient (Wildman–Crippen LogP) is 4.68. The minimum absolute atomic E-state index is 0.101. The van der Waals surface area contributed by atoms with Crippen molar-refractivity contribution >= 4 is 29.0 Å². The van der Waals surface area contributed by atoms with Crippen LogP contribution in [0.15, 0.2) is 41.2 Å². The van der Waals surface area contributed by atoms with Gasteiger partial charge < -0.3 is 19.8 Å². The van der Waals surface area contributed by atoms with Crippen molar-refractivity contribution in [3.63, 3.8) is 0 Å². The molecule has 1 heterocycles. The maximum absolute atomic E-state index is 13.2. The molecule has 3 rings (SSSR count). The Kier molecular flexibility index (Phi) is 8.27. The van der Waals surface area contributed by atoms with Gasteiger partial charge in [-0.1, -0.05) is 26.0 Å². The van der Waals surface area contributed by atoms with Crippen molar-refractivity contribution < 1.29 is 14.3 Å². The molecule has 1 amide bonds. The van der Waals surface area contributed by atoms with Crippen LogP contribution in [-0.4, -0.2) is 35.2 Å². The summed E-state index contributed by atoms with van der Waals surface area (Å²) in [5.41, 5.74) is 1.84. The van der Waals surface area contributed by atoms with Gasteiger partial charge in [-0.05, 0) is 62.2 Å². The van der Waals surface area contributed by atoms with E-state index < -0.39 is 0 Å². The first kappa shape index (κ1) is 24.5. The second kappa shape index (κ2) is 11.1. The van der Waals surface area contributed by atoms with Gasteiger partial charge in [0.1, 0.15) is 0 Å². The number of aromatic amines is 1. The highest BCUT2D eigenvalue weighted by Crippen LogP contribution is 2.30. The average Bonchev–Trinajstić information content (AvgIpc) is 2.78. The molecule has 8 heteroatoms. The lowest BCUT2D eigenvalue weighted by atomic mass is 10.1. The van der Waals surface area contributed by atoms with Gasteiger partial charge in [-0.15, -0.1) is 0 Å². The van der Waals surface area contributed by atoms with E-state index >= 15 is 0 Å². The molecule has 0 bridgehead atoms. The van der Waals surface area contributed by atoms with Crippen molar-refractivity contribution in [3.8, 4) is 11.5 Å². The molecule has 3 aromatic rings. The number of H-pyrrole nitrogens is 1. The van der Waals surface area contributed by atoms with Crippen LogP contribution in [0.2, 0.25) is 0 Å². The summed E-state index contributed by atoms with van der Waals surface area (Å²) in [6, 6.07) is 10.6. The molecule has 0 unspecified atom stereocenters. The van der Waals surface area contributed by atoms with Gasteiger partial charge in [0.05, 0.1) is 30.7 Å². The molecule has 2 aromatic carbocycles. The van der Waals surface area contributed by atoms with E-state index in [1.807, 2.05) is 26.0 Å². The second-order valence-electron chi connectivity index (χ2n) is 8.17. The fourth-order valence-corrected chi connectivity index (χ4v) is 3.72. The van der Waals surface area contributed by atoms with Gasteiger partial charge in [0.2, 0.25) is 0 Å². The quantitative estimate of drug-likeness (QED) is 0.421. The van der Waals surface area contributed by atoms with Crippen LogP contribution in [0.5, 0.6) is 11.5 Å². The van der Waals surface area contributed by atoms with E-state index in [1.165, 1.54) is 4.57 Å². The first-order valence-corrected chi connectivity index (χ1v) is 11.7. The van der Waals surface area contributed by atoms with Crippen LogP contribution < -0.4 is 20.3 Å². The van der Waals surface area contributed by atoms with E-state index in [9.17, 15) is 9.59 Å². The molecule has 176 valence electrons. The summed E-state index contributed by atoms with van der Waals surface area (Å²) >= 11 is 5.47. The monoisotopic (exact) mass is 469 g/mol. The van der Waals surface area contributed by atoms with E-state index in [-0.39, 0.29) is 18.0 Å². The lowest BCUT2D eigenvalue weighted by molar-refractivity contribution is 0.0952. The molecular formula is C25H31N3O4S. The van der Waals surface area contributed by atoms with Crippen molar-refractivity contribution in [1.82, 2.24) is 14.9 Å². The maximum atomic E-state index is 13.2. The molecule has 33 heavy (non-hydrogen) atoms. The Hall–Kier alpha value is -3.13. The van der Waals surface area contributed by atoms with Crippen molar-refractivity contribution in [1.29, 1.82) is 0 Å². The van der Waals surface area contributed by atoms with Crippen LogP contribution in [0.1, 0.15) is 50.0 Å². The van der Waals surface area contributed by atoms with E-state index in [1.54, 1.807) is 24.3 Å². The van der Waals surface area contributed by atoms with Crippen LogP contribution in [0.3, 0.4) is 0 Å². The van der Waals surface area contributed by atoms with Gasteiger partial charge in [-0.2, -0.15) is 0 Å². The number of nitrogens with zero attached hydrogens (tertiary/aromatic N) is 1. The number of rotatable bonds is 10. The molecule has 1 aromatic heterocycles. The summed E-state index contributed by atoms with van der Waals surface area (Å²) < 4.78 is 13.1. The number of carbonyl (C=O) groups is 1. The van der Waals surface area contributed by atoms with Gasteiger partial charge in [-0.3, -0.25) is 14.2 Å². The first-order valence-electron chi connectivity index (χ1n) is 11.3. The van der Waals surface area contributed by atoms with Crippen LogP contribution in [0.4, 0.5) is 0 Å². The van der Waals surface area contributed by atoms with Gasteiger partial charge >= 0.3 is 0 Å². The van der Waals surface area contributed by atoms with Gasteiger partial charge in [-0.25, -0.2) is 0 Å². The highest BCUT2D eigenvalue weighted by atomic mass is 32.1. The number of carbonyl (C=O) groups excluding carboxylic acids is 1. The lowest BCUT2D eigenvalue weighted by Gasteiger charge is -2.14. The van der Waals surface area contributed by atoms with Crippen LogP contribution >= 0.6 is 12.2 Å². The Morgan fingerprint density at radius 1 is 1.09 bits per heavy atom. The minimum Gasteiger partial charge on any atom is -0.490 e. The molecule has 0 aliphatic carbocycles. The molecule has 0 saturated heterocycles. The van der Waals surface area contributed by atoms with Crippen LogP contribution in [0, 0.1) is 10.7 Å². The molecule has 0 radical (unpaired) electrons.